The van der Waals surface area contributed by atoms with Crippen molar-refractivity contribution in [3.8, 4) is 17.7 Å². The third-order valence-corrected chi connectivity index (χ3v) is 4.65. The molecule has 1 aromatic carbocycles. The van der Waals surface area contributed by atoms with Crippen LogP contribution in [0, 0.1) is 18.3 Å². The Balaban J connectivity index is 1.71. The van der Waals surface area contributed by atoms with Crippen molar-refractivity contribution < 1.29 is 9.53 Å². The minimum absolute atomic E-state index is 0.234. The molecule has 0 atom stereocenters. The molecule has 0 radical (unpaired) electrons. The van der Waals surface area contributed by atoms with Gasteiger partial charge in [-0.25, -0.2) is 9.97 Å². The second kappa shape index (κ2) is 9.52. The average Bonchev–Trinajstić information content (AvgIpc) is 2.77. The van der Waals surface area contributed by atoms with Crippen molar-refractivity contribution in [1.82, 2.24) is 9.97 Å². The molecular weight excluding hydrogens is 378 g/mol. The first kappa shape index (κ1) is 20.8. The molecule has 7 heteroatoms. The van der Waals surface area contributed by atoms with Gasteiger partial charge in [0.1, 0.15) is 23.2 Å². The van der Waals surface area contributed by atoms with Crippen LogP contribution in [0.1, 0.15) is 35.3 Å². The summed E-state index contributed by atoms with van der Waals surface area (Å²) in [5, 5.41) is 12.1. The first-order chi connectivity index (χ1) is 14.5. The number of benzene rings is 1. The van der Waals surface area contributed by atoms with E-state index < -0.39 is 0 Å². The van der Waals surface area contributed by atoms with E-state index in [4.69, 9.17) is 10.00 Å². The van der Waals surface area contributed by atoms with E-state index in [-0.39, 0.29) is 11.8 Å². The molecule has 0 unspecified atom stereocenters. The van der Waals surface area contributed by atoms with E-state index in [1.807, 2.05) is 13.0 Å². The van der Waals surface area contributed by atoms with Crippen LogP contribution >= 0.6 is 0 Å². The number of amides is 1. The van der Waals surface area contributed by atoms with Crippen molar-refractivity contribution in [3.63, 3.8) is 0 Å². The lowest BCUT2D eigenvalue weighted by Crippen LogP contribution is -2.23. The normalized spacial score (nSPS) is 10.2. The number of hydrogen-bond acceptors (Lipinski definition) is 6. The van der Waals surface area contributed by atoms with Gasteiger partial charge in [0.05, 0.1) is 5.56 Å². The summed E-state index contributed by atoms with van der Waals surface area (Å²) in [4.78, 5) is 23.2. The van der Waals surface area contributed by atoms with Crippen LogP contribution in [0.15, 0.2) is 54.9 Å². The molecular formula is C23H23N5O2. The first-order valence-corrected chi connectivity index (χ1v) is 9.71. The van der Waals surface area contributed by atoms with Crippen molar-refractivity contribution >= 4 is 17.4 Å². The van der Waals surface area contributed by atoms with E-state index in [1.54, 1.807) is 48.8 Å². The molecule has 0 saturated heterocycles. The Morgan fingerprint density at radius 3 is 2.60 bits per heavy atom. The molecule has 0 aliphatic rings. The van der Waals surface area contributed by atoms with Gasteiger partial charge >= 0.3 is 0 Å². The Morgan fingerprint density at radius 1 is 1.17 bits per heavy atom. The Bertz CT molecular complexity index is 1070. The molecule has 1 N–H and O–H groups in total. The van der Waals surface area contributed by atoms with Gasteiger partial charge < -0.3 is 15.0 Å². The third-order valence-electron chi connectivity index (χ3n) is 4.65. The topological polar surface area (TPSA) is 91.1 Å². The number of nitrogens with one attached hydrogen (secondary N) is 1. The first-order valence-electron chi connectivity index (χ1n) is 9.71. The molecule has 152 valence electrons. The molecule has 0 saturated carbocycles. The van der Waals surface area contributed by atoms with E-state index in [0.29, 0.717) is 22.6 Å². The summed E-state index contributed by atoms with van der Waals surface area (Å²) in [6, 6.07) is 14.3. The van der Waals surface area contributed by atoms with E-state index in [0.717, 1.165) is 24.5 Å². The molecule has 1 amide bonds. The number of pyridine rings is 2. The molecule has 0 aliphatic carbocycles. The number of aryl methyl sites for hydroxylation is 1. The summed E-state index contributed by atoms with van der Waals surface area (Å²) >= 11 is 0. The number of hydrogen-bond donors (Lipinski definition) is 1. The summed E-state index contributed by atoms with van der Waals surface area (Å²) in [6.45, 7) is 7.72. The maximum absolute atomic E-state index is 12.6. The number of nitriles is 1. The maximum Gasteiger partial charge on any atom is 0.257 e. The van der Waals surface area contributed by atoms with E-state index in [9.17, 15) is 4.79 Å². The highest BCUT2D eigenvalue weighted by Crippen LogP contribution is 2.27. The molecule has 3 aromatic rings. The van der Waals surface area contributed by atoms with E-state index >= 15 is 0 Å². The predicted octanol–water partition coefficient (Wildman–Crippen LogP) is 4.55. The second-order valence-corrected chi connectivity index (χ2v) is 6.58. The summed E-state index contributed by atoms with van der Waals surface area (Å²) < 4.78 is 5.72. The van der Waals surface area contributed by atoms with Crippen LogP contribution in [-0.4, -0.2) is 29.0 Å². The van der Waals surface area contributed by atoms with Gasteiger partial charge in [0.2, 0.25) is 5.88 Å². The largest absolute Gasteiger partial charge is 0.438 e. The molecule has 2 aromatic heterocycles. The summed E-state index contributed by atoms with van der Waals surface area (Å²) in [6.07, 6.45) is 3.15. The summed E-state index contributed by atoms with van der Waals surface area (Å²) in [7, 11) is 0. The SMILES string of the molecule is CCN(CC)c1ccc(C(=O)Nc2ccc(Oc3ncccc3C#N)cc2C)cn1. The number of aromatic nitrogens is 2. The summed E-state index contributed by atoms with van der Waals surface area (Å²) in [5.41, 5.74) is 2.33. The minimum Gasteiger partial charge on any atom is -0.438 e. The molecule has 0 aliphatic heterocycles. The van der Waals surface area contributed by atoms with Gasteiger partial charge in [-0.1, -0.05) is 0 Å². The number of carbonyl (C=O) groups excluding carboxylic acids is 1. The predicted molar refractivity (Wildman–Crippen MR) is 116 cm³/mol. The highest BCUT2D eigenvalue weighted by Gasteiger charge is 2.12. The maximum atomic E-state index is 12.6. The van der Waals surface area contributed by atoms with Gasteiger partial charge in [0.25, 0.3) is 5.91 Å². The molecule has 2 heterocycles. The Kier molecular flexibility index (Phi) is 6.60. The number of rotatable bonds is 7. The number of ether oxygens (including phenoxy) is 1. The number of nitrogens with zero attached hydrogens (tertiary/aromatic N) is 4. The third kappa shape index (κ3) is 4.73. The molecule has 0 spiro atoms. The Morgan fingerprint density at radius 2 is 1.97 bits per heavy atom. The number of anilines is 2. The van der Waals surface area contributed by atoms with Crippen LogP contribution in [0.4, 0.5) is 11.5 Å². The van der Waals surface area contributed by atoms with Crippen LogP contribution in [0.5, 0.6) is 11.6 Å². The van der Waals surface area contributed by atoms with Gasteiger partial charge in [-0.3, -0.25) is 4.79 Å². The van der Waals surface area contributed by atoms with Gasteiger partial charge in [-0.15, -0.1) is 0 Å². The van der Waals surface area contributed by atoms with Crippen LogP contribution in [0.25, 0.3) is 0 Å². The van der Waals surface area contributed by atoms with Crippen molar-refractivity contribution in [3.05, 3.63) is 71.5 Å². The van der Waals surface area contributed by atoms with Crippen LogP contribution in [0.2, 0.25) is 0 Å². The van der Waals surface area contributed by atoms with Crippen LogP contribution in [-0.2, 0) is 0 Å². The molecule has 3 rings (SSSR count). The zero-order valence-corrected chi connectivity index (χ0v) is 17.2. The minimum atomic E-state index is -0.234. The standard InChI is InChI=1S/C23H23N5O2/c1-4-28(5-2)21-11-8-18(15-26-21)22(29)27-20-10-9-19(13-16(20)3)30-23-17(14-24)7-6-12-25-23/h6-13,15H,4-5H2,1-3H3,(H,27,29). The highest BCUT2D eigenvalue weighted by molar-refractivity contribution is 6.04. The molecule has 0 fully saturated rings. The van der Waals surface area contributed by atoms with Crippen molar-refractivity contribution in [2.24, 2.45) is 0 Å². The van der Waals surface area contributed by atoms with Gasteiger partial charge in [-0.2, -0.15) is 5.26 Å². The zero-order chi connectivity index (χ0) is 21.5. The van der Waals surface area contributed by atoms with Crippen LogP contribution < -0.4 is 15.0 Å². The van der Waals surface area contributed by atoms with Gasteiger partial charge in [0.15, 0.2) is 0 Å². The number of carbonyl (C=O) groups is 1. The van der Waals surface area contributed by atoms with Crippen molar-refractivity contribution in [2.45, 2.75) is 20.8 Å². The fraction of sp³-hybridized carbons (Fsp3) is 0.217. The molecule has 30 heavy (non-hydrogen) atoms. The summed E-state index contributed by atoms with van der Waals surface area (Å²) in [5.74, 6) is 1.39. The smallest absolute Gasteiger partial charge is 0.257 e. The van der Waals surface area contributed by atoms with E-state index in [1.165, 1.54) is 0 Å². The lowest BCUT2D eigenvalue weighted by Gasteiger charge is -2.19. The second-order valence-electron chi connectivity index (χ2n) is 6.58. The van der Waals surface area contributed by atoms with Crippen LogP contribution in [0.3, 0.4) is 0 Å². The Labute approximate surface area is 176 Å². The fourth-order valence-corrected chi connectivity index (χ4v) is 2.96. The van der Waals surface area contributed by atoms with Crippen molar-refractivity contribution in [1.29, 1.82) is 5.26 Å². The lowest BCUT2D eigenvalue weighted by atomic mass is 10.1. The highest BCUT2D eigenvalue weighted by atomic mass is 16.5. The molecule has 0 bridgehead atoms. The van der Waals surface area contributed by atoms with Gasteiger partial charge in [0, 0.05) is 31.2 Å². The monoisotopic (exact) mass is 401 g/mol. The zero-order valence-electron chi connectivity index (χ0n) is 17.2. The molecule has 7 nitrogen and oxygen atoms in total. The van der Waals surface area contributed by atoms with Gasteiger partial charge in [-0.05, 0) is 68.8 Å². The van der Waals surface area contributed by atoms with Crippen molar-refractivity contribution in [2.75, 3.05) is 23.3 Å². The fourth-order valence-electron chi connectivity index (χ4n) is 2.96. The average molecular weight is 401 g/mol. The Hall–Kier alpha value is -3.92. The van der Waals surface area contributed by atoms with E-state index in [2.05, 4.69) is 40.1 Å². The quantitative estimate of drug-likeness (QED) is 0.625. The lowest BCUT2D eigenvalue weighted by molar-refractivity contribution is 0.102.